The fraction of sp³-hybridized carbons (Fsp3) is 0.615. The largest absolute Gasteiger partial charge is 0.447 e. The minimum Gasteiger partial charge on any atom is -0.447 e. The zero-order valence-corrected chi connectivity index (χ0v) is 10.3. The van der Waals surface area contributed by atoms with Crippen LogP contribution in [0.15, 0.2) is 23.8 Å². The van der Waals surface area contributed by atoms with Gasteiger partial charge in [-0.1, -0.05) is 30.7 Å². The van der Waals surface area contributed by atoms with Gasteiger partial charge in [0.25, 0.3) is 0 Å². The number of hydrogen-bond donors (Lipinski definition) is 1. The summed E-state index contributed by atoms with van der Waals surface area (Å²) in [7, 11) is 0. The molecule has 0 spiro atoms. The van der Waals surface area contributed by atoms with Crippen LogP contribution in [0.1, 0.15) is 33.6 Å². The molecule has 0 aromatic carbocycles. The Bertz CT molecular complexity index is 292. The van der Waals surface area contributed by atoms with Crippen molar-refractivity contribution in [3.63, 3.8) is 0 Å². The number of carbonyl (C=O) groups excluding carboxylic acids is 1. The van der Waals surface area contributed by atoms with Crippen molar-refractivity contribution in [3.8, 4) is 0 Å². The van der Waals surface area contributed by atoms with Crippen LogP contribution in [0.2, 0.25) is 0 Å². The maximum atomic E-state index is 11.2. The van der Waals surface area contributed by atoms with Gasteiger partial charge in [0.1, 0.15) is 0 Å². The van der Waals surface area contributed by atoms with Crippen LogP contribution in [-0.2, 0) is 4.74 Å². The highest BCUT2D eigenvalue weighted by Crippen LogP contribution is 2.17. The molecule has 0 aromatic rings. The molecule has 16 heavy (non-hydrogen) atoms. The van der Waals surface area contributed by atoms with Gasteiger partial charge in [-0.25, -0.2) is 4.79 Å². The van der Waals surface area contributed by atoms with Crippen LogP contribution in [0.25, 0.3) is 0 Å². The molecule has 1 amide bonds. The molecule has 1 N–H and O–H groups in total. The minimum atomic E-state index is -0.330. The topological polar surface area (TPSA) is 38.3 Å². The smallest absolute Gasteiger partial charge is 0.407 e. The number of carbonyl (C=O) groups is 1. The van der Waals surface area contributed by atoms with Gasteiger partial charge in [0, 0.05) is 6.54 Å². The molecule has 0 aliphatic heterocycles. The first-order valence-corrected chi connectivity index (χ1v) is 5.89. The lowest BCUT2D eigenvalue weighted by Gasteiger charge is -2.13. The molecule has 0 heterocycles. The molecule has 3 nitrogen and oxygen atoms in total. The normalized spacial score (nSPS) is 19.5. The highest BCUT2D eigenvalue weighted by Gasteiger charge is 2.06. The van der Waals surface area contributed by atoms with Crippen LogP contribution in [0, 0.1) is 5.92 Å². The van der Waals surface area contributed by atoms with E-state index in [-0.39, 0.29) is 12.2 Å². The molecule has 0 bridgehead atoms. The second-order valence-corrected chi connectivity index (χ2v) is 4.49. The summed E-state index contributed by atoms with van der Waals surface area (Å²) in [5, 5.41) is 2.74. The maximum absolute atomic E-state index is 11.2. The van der Waals surface area contributed by atoms with Crippen LogP contribution < -0.4 is 5.32 Å². The molecule has 0 saturated heterocycles. The molecule has 1 unspecified atom stereocenters. The quantitative estimate of drug-likeness (QED) is 0.795. The van der Waals surface area contributed by atoms with Gasteiger partial charge >= 0.3 is 6.09 Å². The minimum absolute atomic E-state index is 0.0613. The molecule has 1 aliphatic rings. The Labute approximate surface area is 97.6 Å². The summed E-state index contributed by atoms with van der Waals surface area (Å²) in [4.78, 5) is 11.2. The van der Waals surface area contributed by atoms with Gasteiger partial charge in [-0.05, 0) is 32.6 Å². The molecule has 1 aliphatic carbocycles. The molecular weight excluding hydrogens is 202 g/mol. The average molecular weight is 223 g/mol. The number of amides is 1. The van der Waals surface area contributed by atoms with Gasteiger partial charge in [0.15, 0.2) is 0 Å². The van der Waals surface area contributed by atoms with Gasteiger partial charge in [0.05, 0.1) is 6.10 Å². The van der Waals surface area contributed by atoms with Crippen molar-refractivity contribution in [3.05, 3.63) is 23.8 Å². The molecule has 3 heteroatoms. The molecule has 1 rings (SSSR count). The van der Waals surface area contributed by atoms with Crippen molar-refractivity contribution in [1.29, 1.82) is 0 Å². The highest BCUT2D eigenvalue weighted by molar-refractivity contribution is 5.67. The van der Waals surface area contributed by atoms with E-state index in [0.29, 0.717) is 12.5 Å². The Balaban J connectivity index is 2.20. The van der Waals surface area contributed by atoms with Crippen molar-refractivity contribution in [2.45, 2.75) is 39.7 Å². The van der Waals surface area contributed by atoms with Crippen LogP contribution in [0.3, 0.4) is 0 Å². The molecule has 0 radical (unpaired) electrons. The summed E-state index contributed by atoms with van der Waals surface area (Å²) in [6.07, 6.45) is 8.18. The van der Waals surface area contributed by atoms with Crippen molar-refractivity contribution >= 4 is 6.09 Å². The Morgan fingerprint density at radius 3 is 3.00 bits per heavy atom. The van der Waals surface area contributed by atoms with Gasteiger partial charge in [-0.2, -0.15) is 0 Å². The van der Waals surface area contributed by atoms with Crippen molar-refractivity contribution < 1.29 is 9.53 Å². The van der Waals surface area contributed by atoms with Gasteiger partial charge < -0.3 is 10.1 Å². The summed E-state index contributed by atoms with van der Waals surface area (Å²) >= 11 is 0. The number of rotatable bonds is 4. The summed E-state index contributed by atoms with van der Waals surface area (Å²) in [6.45, 7) is 6.51. The van der Waals surface area contributed by atoms with Gasteiger partial charge in [-0.15, -0.1) is 0 Å². The first-order valence-electron chi connectivity index (χ1n) is 5.89. The first kappa shape index (κ1) is 12.8. The molecule has 90 valence electrons. The van der Waals surface area contributed by atoms with Crippen LogP contribution >= 0.6 is 0 Å². The van der Waals surface area contributed by atoms with Gasteiger partial charge in [0.2, 0.25) is 0 Å². The van der Waals surface area contributed by atoms with Crippen molar-refractivity contribution in [1.82, 2.24) is 5.32 Å². The summed E-state index contributed by atoms with van der Waals surface area (Å²) < 4.78 is 4.97. The zero-order chi connectivity index (χ0) is 12.0. The summed E-state index contributed by atoms with van der Waals surface area (Å²) in [6, 6.07) is 0. The van der Waals surface area contributed by atoms with Crippen molar-refractivity contribution in [2.24, 2.45) is 5.92 Å². The average Bonchev–Trinajstić information content (AvgIpc) is 2.16. The van der Waals surface area contributed by atoms with E-state index in [2.05, 4.69) is 30.5 Å². The van der Waals surface area contributed by atoms with Crippen LogP contribution in [-0.4, -0.2) is 18.7 Å². The van der Waals surface area contributed by atoms with Crippen LogP contribution in [0.5, 0.6) is 0 Å². The third-order valence-corrected chi connectivity index (χ3v) is 2.36. The number of nitrogens with one attached hydrogen (secondary N) is 1. The highest BCUT2D eigenvalue weighted by atomic mass is 16.6. The number of alkyl carbamates (subject to hydrolysis) is 1. The van der Waals surface area contributed by atoms with E-state index in [4.69, 9.17) is 4.74 Å². The number of hydrogen-bond acceptors (Lipinski definition) is 2. The molecule has 0 aromatic heterocycles. The van der Waals surface area contributed by atoms with E-state index in [1.165, 1.54) is 5.57 Å². The van der Waals surface area contributed by atoms with Gasteiger partial charge in [-0.3, -0.25) is 0 Å². The molecule has 1 atom stereocenters. The van der Waals surface area contributed by atoms with Crippen molar-refractivity contribution in [2.75, 3.05) is 6.54 Å². The summed E-state index contributed by atoms with van der Waals surface area (Å²) in [5.74, 6) is 0.614. The Morgan fingerprint density at radius 2 is 2.38 bits per heavy atom. The van der Waals surface area contributed by atoms with E-state index in [1.54, 1.807) is 0 Å². The predicted molar refractivity (Wildman–Crippen MR) is 65.2 cm³/mol. The SMILES string of the molecule is CC1C=C(CCNC(=O)OC(C)C)C=CC1. The summed E-state index contributed by atoms with van der Waals surface area (Å²) in [5.41, 5.74) is 1.29. The lowest BCUT2D eigenvalue weighted by Crippen LogP contribution is -2.27. The molecule has 0 fully saturated rings. The van der Waals surface area contributed by atoms with E-state index >= 15 is 0 Å². The predicted octanol–water partition coefficient (Wildman–Crippen LogP) is 3.03. The Hall–Kier alpha value is -1.25. The zero-order valence-electron chi connectivity index (χ0n) is 10.3. The Kier molecular flexibility index (Phi) is 5.09. The number of ether oxygens (including phenoxy) is 1. The fourth-order valence-electron chi connectivity index (χ4n) is 1.65. The van der Waals surface area contributed by atoms with E-state index in [0.717, 1.165) is 12.8 Å². The second-order valence-electron chi connectivity index (χ2n) is 4.49. The Morgan fingerprint density at radius 1 is 1.62 bits per heavy atom. The van der Waals surface area contributed by atoms with E-state index in [9.17, 15) is 4.79 Å². The fourth-order valence-corrected chi connectivity index (χ4v) is 1.65. The third-order valence-electron chi connectivity index (χ3n) is 2.36. The lowest BCUT2D eigenvalue weighted by atomic mass is 9.96. The standard InChI is InChI=1S/C13H21NO2/c1-10(2)16-13(15)14-8-7-12-6-4-5-11(3)9-12/h4,6,9-11H,5,7-8H2,1-3H3,(H,14,15). The third kappa shape index (κ3) is 5.01. The first-order chi connectivity index (χ1) is 7.58. The number of allylic oxidation sites excluding steroid dienone is 3. The molecule has 0 saturated carbocycles. The monoisotopic (exact) mass is 223 g/mol. The second kappa shape index (κ2) is 6.36. The maximum Gasteiger partial charge on any atom is 0.407 e. The van der Waals surface area contributed by atoms with E-state index < -0.39 is 0 Å². The molecular formula is C13H21NO2. The lowest BCUT2D eigenvalue weighted by molar-refractivity contribution is 0.116. The van der Waals surface area contributed by atoms with E-state index in [1.807, 2.05) is 13.8 Å². The van der Waals surface area contributed by atoms with Crippen LogP contribution in [0.4, 0.5) is 4.79 Å².